The van der Waals surface area contributed by atoms with Crippen LogP contribution in [0.25, 0.3) is 0 Å². The summed E-state index contributed by atoms with van der Waals surface area (Å²) in [6.07, 6.45) is 8.36. The fourth-order valence-corrected chi connectivity index (χ4v) is 4.39. The highest BCUT2D eigenvalue weighted by atomic mass is 127. The maximum absolute atomic E-state index is 11.6. The van der Waals surface area contributed by atoms with Crippen LogP contribution in [0.5, 0.6) is 0 Å². The Hall–Kier alpha value is -0.530. The lowest BCUT2D eigenvalue weighted by Crippen LogP contribution is -2.40. The molecule has 2 aliphatic heterocycles. The Morgan fingerprint density at radius 2 is 1.92 bits per heavy atom. The van der Waals surface area contributed by atoms with Gasteiger partial charge < -0.3 is 15.1 Å². The second-order valence-corrected chi connectivity index (χ2v) is 7.28. The monoisotopic (exact) mass is 448 g/mol. The molecule has 3 rings (SSSR count). The van der Waals surface area contributed by atoms with Crippen LogP contribution in [0.15, 0.2) is 4.99 Å². The second-order valence-electron chi connectivity index (χ2n) is 7.28. The van der Waals surface area contributed by atoms with E-state index in [2.05, 4.69) is 17.1 Å². The molecule has 0 bridgehead atoms. The molecule has 0 radical (unpaired) electrons. The third-order valence-corrected chi connectivity index (χ3v) is 5.63. The molecule has 2 heterocycles. The third kappa shape index (κ3) is 4.99. The summed E-state index contributed by atoms with van der Waals surface area (Å²) in [5.41, 5.74) is 0. The van der Waals surface area contributed by atoms with E-state index in [-0.39, 0.29) is 24.0 Å². The topological polar surface area (TPSA) is 47.9 Å². The molecule has 2 saturated heterocycles. The first-order chi connectivity index (χ1) is 11.3. The van der Waals surface area contributed by atoms with Gasteiger partial charge in [-0.25, -0.2) is 0 Å². The number of rotatable bonds is 5. The summed E-state index contributed by atoms with van der Waals surface area (Å²) >= 11 is 0. The molecule has 5 nitrogen and oxygen atoms in total. The highest BCUT2D eigenvalue weighted by molar-refractivity contribution is 14.0. The van der Waals surface area contributed by atoms with Crippen molar-refractivity contribution in [3.05, 3.63) is 0 Å². The van der Waals surface area contributed by atoms with Crippen LogP contribution in [0.4, 0.5) is 0 Å². The lowest BCUT2D eigenvalue weighted by molar-refractivity contribution is -0.127. The minimum absolute atomic E-state index is 0. The van der Waals surface area contributed by atoms with Gasteiger partial charge in [-0.1, -0.05) is 12.8 Å². The number of aliphatic imine (C=N–C) groups is 1. The molecule has 1 saturated carbocycles. The number of nitrogens with zero attached hydrogens (tertiary/aromatic N) is 3. The molecule has 0 aromatic carbocycles. The maximum atomic E-state index is 11.6. The Balaban J connectivity index is 0.00000208. The summed E-state index contributed by atoms with van der Waals surface area (Å²) < 4.78 is 0. The number of halogens is 1. The van der Waals surface area contributed by atoms with Crippen molar-refractivity contribution in [2.24, 2.45) is 16.8 Å². The first kappa shape index (κ1) is 19.8. The molecule has 3 aliphatic rings. The minimum Gasteiger partial charge on any atom is -0.357 e. The largest absolute Gasteiger partial charge is 0.357 e. The number of nitrogens with one attached hydrogen (secondary N) is 1. The molecular weight excluding hydrogens is 415 g/mol. The quantitative estimate of drug-likeness (QED) is 0.305. The van der Waals surface area contributed by atoms with Gasteiger partial charge in [0.2, 0.25) is 5.91 Å². The van der Waals surface area contributed by atoms with Crippen molar-refractivity contribution in [3.8, 4) is 0 Å². The van der Waals surface area contributed by atoms with E-state index in [0.29, 0.717) is 5.91 Å². The fourth-order valence-electron chi connectivity index (χ4n) is 4.39. The number of carbonyl (C=O) groups is 1. The lowest BCUT2D eigenvalue weighted by atomic mass is 9.82. The summed E-state index contributed by atoms with van der Waals surface area (Å²) in [5.74, 6) is 3.18. The van der Waals surface area contributed by atoms with Gasteiger partial charge in [0, 0.05) is 45.7 Å². The zero-order chi connectivity index (χ0) is 16.1. The van der Waals surface area contributed by atoms with Crippen molar-refractivity contribution in [2.75, 3.05) is 39.3 Å². The number of guanidine groups is 1. The van der Waals surface area contributed by atoms with E-state index in [1.54, 1.807) is 0 Å². The van der Waals surface area contributed by atoms with E-state index in [4.69, 9.17) is 4.99 Å². The highest BCUT2D eigenvalue weighted by Crippen LogP contribution is 2.35. The summed E-state index contributed by atoms with van der Waals surface area (Å²) in [5, 5.41) is 3.47. The summed E-state index contributed by atoms with van der Waals surface area (Å²) in [7, 11) is 0. The second kappa shape index (κ2) is 9.82. The molecule has 2 unspecified atom stereocenters. The molecule has 0 aromatic rings. The molecule has 1 aliphatic carbocycles. The summed E-state index contributed by atoms with van der Waals surface area (Å²) in [4.78, 5) is 20.9. The fraction of sp³-hybridized carbons (Fsp3) is 0.889. The molecule has 3 fully saturated rings. The van der Waals surface area contributed by atoms with E-state index in [1.165, 1.54) is 38.8 Å². The lowest BCUT2D eigenvalue weighted by Gasteiger charge is -2.22. The number of carbonyl (C=O) groups excluding carboxylic acids is 1. The van der Waals surface area contributed by atoms with Crippen LogP contribution in [0.1, 0.15) is 51.9 Å². The van der Waals surface area contributed by atoms with E-state index in [1.807, 2.05) is 4.90 Å². The Labute approximate surface area is 163 Å². The molecule has 138 valence electrons. The highest BCUT2D eigenvalue weighted by Gasteiger charge is 2.35. The maximum Gasteiger partial charge on any atom is 0.222 e. The van der Waals surface area contributed by atoms with E-state index >= 15 is 0 Å². The predicted molar refractivity (Wildman–Crippen MR) is 109 cm³/mol. The first-order valence-electron chi connectivity index (χ1n) is 9.59. The van der Waals surface area contributed by atoms with Gasteiger partial charge in [0.15, 0.2) is 5.96 Å². The third-order valence-electron chi connectivity index (χ3n) is 5.63. The van der Waals surface area contributed by atoms with Crippen molar-refractivity contribution < 1.29 is 4.79 Å². The van der Waals surface area contributed by atoms with Gasteiger partial charge in [0.1, 0.15) is 0 Å². The zero-order valence-electron chi connectivity index (χ0n) is 15.0. The zero-order valence-corrected chi connectivity index (χ0v) is 17.3. The van der Waals surface area contributed by atoms with Crippen LogP contribution in [-0.2, 0) is 4.79 Å². The van der Waals surface area contributed by atoms with Gasteiger partial charge in [0.05, 0.1) is 0 Å². The van der Waals surface area contributed by atoms with Gasteiger partial charge in [-0.3, -0.25) is 9.79 Å². The summed E-state index contributed by atoms with van der Waals surface area (Å²) in [6.45, 7) is 8.06. The SMILES string of the molecule is CCNC(=NCCCN1CCCC1=O)N1CC2CCCCC2C1.I. The minimum atomic E-state index is 0. The van der Waals surface area contributed by atoms with Crippen LogP contribution < -0.4 is 5.32 Å². The van der Waals surface area contributed by atoms with E-state index < -0.39 is 0 Å². The van der Waals surface area contributed by atoms with Gasteiger partial charge in [-0.05, 0) is 44.4 Å². The first-order valence-corrected chi connectivity index (χ1v) is 9.59. The van der Waals surface area contributed by atoms with Crippen LogP contribution in [0, 0.1) is 11.8 Å². The number of fused-ring (bicyclic) bond motifs is 1. The van der Waals surface area contributed by atoms with Crippen LogP contribution >= 0.6 is 24.0 Å². The van der Waals surface area contributed by atoms with Gasteiger partial charge in [-0.2, -0.15) is 0 Å². The van der Waals surface area contributed by atoms with Crippen LogP contribution in [-0.4, -0.2) is 60.9 Å². The Morgan fingerprint density at radius 3 is 2.50 bits per heavy atom. The number of amides is 1. The normalized spacial score (nSPS) is 27.2. The molecule has 6 heteroatoms. The Kier molecular flexibility index (Phi) is 8.10. The molecule has 24 heavy (non-hydrogen) atoms. The standard InChI is InChI=1S/C18H32N4O.HI/c1-2-19-18(20-10-6-12-21-11-5-9-17(21)23)22-13-15-7-3-4-8-16(15)14-22;/h15-16H,2-14H2,1H3,(H,19,20);1H. The molecule has 2 atom stereocenters. The molecular formula is C18H33IN4O. The van der Waals surface area contributed by atoms with Crippen LogP contribution in [0.2, 0.25) is 0 Å². The van der Waals surface area contributed by atoms with E-state index in [0.717, 1.165) is 63.2 Å². The van der Waals surface area contributed by atoms with Crippen molar-refractivity contribution in [1.29, 1.82) is 0 Å². The van der Waals surface area contributed by atoms with Crippen molar-refractivity contribution in [2.45, 2.75) is 51.9 Å². The average Bonchev–Trinajstić information content (AvgIpc) is 3.16. The number of hydrogen-bond acceptors (Lipinski definition) is 2. The van der Waals surface area contributed by atoms with Crippen molar-refractivity contribution >= 4 is 35.8 Å². The van der Waals surface area contributed by atoms with Crippen molar-refractivity contribution in [3.63, 3.8) is 0 Å². The van der Waals surface area contributed by atoms with Gasteiger partial charge in [0.25, 0.3) is 0 Å². The van der Waals surface area contributed by atoms with Gasteiger partial charge in [-0.15, -0.1) is 24.0 Å². The Bertz CT molecular complexity index is 429. The molecule has 0 aromatic heterocycles. The number of hydrogen-bond donors (Lipinski definition) is 1. The molecule has 0 spiro atoms. The Morgan fingerprint density at radius 1 is 1.21 bits per heavy atom. The smallest absolute Gasteiger partial charge is 0.222 e. The van der Waals surface area contributed by atoms with Crippen LogP contribution in [0.3, 0.4) is 0 Å². The van der Waals surface area contributed by atoms with Crippen molar-refractivity contribution in [1.82, 2.24) is 15.1 Å². The predicted octanol–water partition coefficient (Wildman–Crippen LogP) is 2.70. The molecule has 1 N–H and O–H groups in total. The number of likely N-dealkylation sites (tertiary alicyclic amines) is 2. The molecule has 1 amide bonds. The van der Waals surface area contributed by atoms with E-state index in [9.17, 15) is 4.79 Å². The summed E-state index contributed by atoms with van der Waals surface area (Å²) in [6, 6.07) is 0. The average molecular weight is 448 g/mol. The van der Waals surface area contributed by atoms with Gasteiger partial charge >= 0.3 is 0 Å².